The van der Waals surface area contributed by atoms with Gasteiger partial charge in [0.1, 0.15) is 28.5 Å². The fourth-order valence-corrected chi connectivity index (χ4v) is 4.01. The van der Waals surface area contributed by atoms with E-state index in [1.54, 1.807) is 71.2 Å². The maximum absolute atomic E-state index is 13.2. The summed E-state index contributed by atoms with van der Waals surface area (Å²) in [6.07, 6.45) is 6.34. The predicted molar refractivity (Wildman–Crippen MR) is 151 cm³/mol. The second kappa shape index (κ2) is 11.8. The van der Waals surface area contributed by atoms with Crippen LogP contribution in [-0.2, 0) is 16.0 Å². The lowest BCUT2D eigenvalue weighted by atomic mass is 9.97. The minimum Gasteiger partial charge on any atom is -0.496 e. The van der Waals surface area contributed by atoms with Crippen LogP contribution in [0.5, 0.6) is 17.2 Å². The summed E-state index contributed by atoms with van der Waals surface area (Å²) >= 11 is 0. The van der Waals surface area contributed by atoms with Crippen molar-refractivity contribution in [2.45, 2.75) is 65.2 Å². The third-order valence-electron chi connectivity index (χ3n) is 5.97. The van der Waals surface area contributed by atoms with E-state index in [2.05, 4.69) is 5.32 Å². The number of ketones is 2. The molecule has 0 bridgehead atoms. The van der Waals surface area contributed by atoms with Crippen LogP contribution in [0.3, 0.4) is 0 Å². The molecule has 0 radical (unpaired) electrons. The molecule has 2 aromatic rings. The summed E-state index contributed by atoms with van der Waals surface area (Å²) < 4.78 is 22.2. The quantitative estimate of drug-likeness (QED) is 0.320. The van der Waals surface area contributed by atoms with Gasteiger partial charge in [0.2, 0.25) is 0 Å². The molecule has 0 aromatic heterocycles. The minimum atomic E-state index is -0.759. The van der Waals surface area contributed by atoms with Crippen LogP contribution in [0.25, 0.3) is 12.2 Å². The van der Waals surface area contributed by atoms with Gasteiger partial charge in [-0.3, -0.25) is 9.59 Å². The van der Waals surface area contributed by atoms with Gasteiger partial charge in [-0.15, -0.1) is 0 Å². The molecule has 0 aliphatic carbocycles. The first-order chi connectivity index (χ1) is 18.2. The normalized spacial score (nSPS) is 14.7. The van der Waals surface area contributed by atoms with E-state index in [4.69, 9.17) is 18.9 Å². The van der Waals surface area contributed by atoms with Gasteiger partial charge in [0, 0.05) is 12.0 Å². The van der Waals surface area contributed by atoms with Crippen LogP contribution >= 0.6 is 0 Å². The van der Waals surface area contributed by atoms with Crippen LogP contribution in [0, 0.1) is 0 Å². The van der Waals surface area contributed by atoms with Crippen LogP contribution < -0.4 is 19.5 Å². The van der Waals surface area contributed by atoms with Crippen LogP contribution in [0.1, 0.15) is 68.6 Å². The Hall–Kier alpha value is -4.07. The molecule has 8 heteroatoms. The SMILES string of the molecule is COc1ccc(/C=C/C(=O)c2ccc(OC)c3c2OC(C)(C)C=C3)cc1CC(=O)C(C)NC(=O)OC(C)(C)C. The molecule has 2 aromatic carbocycles. The smallest absolute Gasteiger partial charge is 0.408 e. The summed E-state index contributed by atoms with van der Waals surface area (Å²) in [6, 6.07) is 8.00. The lowest BCUT2D eigenvalue weighted by Gasteiger charge is -2.29. The zero-order valence-electron chi connectivity index (χ0n) is 23.8. The fourth-order valence-electron chi connectivity index (χ4n) is 4.01. The number of ether oxygens (including phenoxy) is 4. The number of amides is 1. The first-order valence-corrected chi connectivity index (χ1v) is 12.7. The highest BCUT2D eigenvalue weighted by Gasteiger charge is 2.28. The summed E-state index contributed by atoms with van der Waals surface area (Å²) in [5, 5.41) is 2.57. The van der Waals surface area contributed by atoms with Gasteiger partial charge in [-0.25, -0.2) is 4.79 Å². The second-order valence-electron chi connectivity index (χ2n) is 10.9. The van der Waals surface area contributed by atoms with Gasteiger partial charge in [-0.05, 0) is 89.6 Å². The van der Waals surface area contributed by atoms with Crippen LogP contribution in [0.4, 0.5) is 4.79 Å². The van der Waals surface area contributed by atoms with Crippen molar-refractivity contribution in [3.63, 3.8) is 0 Å². The molecule has 8 nitrogen and oxygen atoms in total. The second-order valence-corrected chi connectivity index (χ2v) is 10.9. The molecule has 1 unspecified atom stereocenters. The average molecular weight is 536 g/mol. The topological polar surface area (TPSA) is 100 Å². The first kappa shape index (κ1) is 29.5. The first-order valence-electron chi connectivity index (χ1n) is 12.7. The summed E-state index contributed by atoms with van der Waals surface area (Å²) in [5.74, 6) is 1.18. The third-order valence-corrected chi connectivity index (χ3v) is 5.97. The molecule has 0 saturated heterocycles. The molecule has 1 aliphatic rings. The van der Waals surface area contributed by atoms with Crippen LogP contribution in [-0.4, -0.2) is 49.1 Å². The van der Waals surface area contributed by atoms with Gasteiger partial charge >= 0.3 is 6.09 Å². The van der Waals surface area contributed by atoms with Crippen molar-refractivity contribution in [2.24, 2.45) is 0 Å². The number of nitrogens with one attached hydrogen (secondary N) is 1. The van der Waals surface area contributed by atoms with Crippen molar-refractivity contribution >= 4 is 29.8 Å². The van der Waals surface area contributed by atoms with Gasteiger partial charge in [0.25, 0.3) is 0 Å². The summed E-state index contributed by atoms with van der Waals surface area (Å²) in [4.78, 5) is 38.1. The van der Waals surface area contributed by atoms with E-state index in [-0.39, 0.29) is 18.0 Å². The zero-order valence-corrected chi connectivity index (χ0v) is 23.8. The molecule has 1 atom stereocenters. The third kappa shape index (κ3) is 7.72. The molecule has 0 fully saturated rings. The number of allylic oxidation sites excluding steroid dienone is 1. The average Bonchev–Trinajstić information content (AvgIpc) is 2.84. The molecule has 0 saturated carbocycles. The number of carbonyl (C=O) groups excluding carboxylic acids is 3. The molecule has 1 N–H and O–H groups in total. The van der Waals surface area contributed by atoms with Gasteiger partial charge in [-0.2, -0.15) is 0 Å². The summed E-state index contributed by atoms with van der Waals surface area (Å²) in [5.41, 5.74) is 1.25. The Kier molecular flexibility index (Phi) is 8.89. The molecule has 1 heterocycles. The van der Waals surface area contributed by atoms with Gasteiger partial charge < -0.3 is 24.3 Å². The molecule has 39 heavy (non-hydrogen) atoms. The summed E-state index contributed by atoms with van der Waals surface area (Å²) in [6.45, 7) is 10.7. The Labute approximate surface area is 230 Å². The predicted octanol–water partition coefficient (Wildman–Crippen LogP) is 5.81. The van der Waals surface area contributed by atoms with Gasteiger partial charge in [-0.1, -0.05) is 12.1 Å². The molecule has 1 aliphatic heterocycles. The lowest BCUT2D eigenvalue weighted by molar-refractivity contribution is -0.120. The summed E-state index contributed by atoms with van der Waals surface area (Å²) in [7, 11) is 3.10. The van der Waals surface area contributed by atoms with Crippen LogP contribution in [0.2, 0.25) is 0 Å². The van der Waals surface area contributed by atoms with Gasteiger partial charge in [0.15, 0.2) is 11.6 Å². The minimum absolute atomic E-state index is 0.0248. The Morgan fingerprint density at radius 1 is 1.05 bits per heavy atom. The number of Topliss-reactive ketones (excluding diaryl/α,β-unsaturated/α-hetero) is 1. The van der Waals surface area contributed by atoms with E-state index < -0.39 is 23.3 Å². The molecular formula is C31H37NO7. The Balaban J connectivity index is 1.79. The molecule has 3 rings (SSSR count). The highest BCUT2D eigenvalue weighted by atomic mass is 16.6. The van der Waals surface area contributed by atoms with E-state index in [1.165, 1.54) is 13.2 Å². The number of benzene rings is 2. The van der Waals surface area contributed by atoms with E-state index in [9.17, 15) is 14.4 Å². The fraction of sp³-hybridized carbons (Fsp3) is 0.387. The van der Waals surface area contributed by atoms with Crippen molar-refractivity contribution in [3.05, 3.63) is 64.7 Å². The standard InChI is InChI=1S/C31H37NO7/c1-19(32-29(35)39-30(2,3)4)25(34)18-21-17-20(10-13-26(21)36-7)9-12-24(33)22-11-14-27(37-8)23-15-16-31(5,6)38-28(22)23/h9-17,19H,18H2,1-8H3,(H,32,35)/b12-9+. The number of hydrogen-bond donors (Lipinski definition) is 1. The monoisotopic (exact) mass is 535 g/mol. The Morgan fingerprint density at radius 3 is 2.36 bits per heavy atom. The highest BCUT2D eigenvalue weighted by molar-refractivity contribution is 6.09. The number of rotatable bonds is 9. The number of methoxy groups -OCH3 is 2. The van der Waals surface area contributed by atoms with Gasteiger partial charge in [0.05, 0.1) is 31.4 Å². The van der Waals surface area contributed by atoms with Crippen molar-refractivity contribution in [2.75, 3.05) is 14.2 Å². The van der Waals surface area contributed by atoms with E-state index >= 15 is 0 Å². The molecule has 1 amide bonds. The number of fused-ring (bicyclic) bond motifs is 1. The Bertz CT molecular complexity index is 1310. The van der Waals surface area contributed by atoms with Crippen molar-refractivity contribution in [1.29, 1.82) is 0 Å². The molecular weight excluding hydrogens is 498 g/mol. The maximum Gasteiger partial charge on any atom is 0.408 e. The largest absolute Gasteiger partial charge is 0.496 e. The number of alkyl carbamates (subject to hydrolysis) is 1. The number of hydrogen-bond acceptors (Lipinski definition) is 7. The van der Waals surface area contributed by atoms with E-state index in [0.717, 1.165) is 5.56 Å². The number of carbonyl (C=O) groups is 3. The highest BCUT2D eigenvalue weighted by Crippen LogP contribution is 2.40. The molecule has 0 spiro atoms. The van der Waals surface area contributed by atoms with Crippen molar-refractivity contribution in [3.8, 4) is 17.2 Å². The lowest BCUT2D eigenvalue weighted by Crippen LogP contribution is -2.42. The van der Waals surface area contributed by atoms with E-state index in [1.807, 2.05) is 26.0 Å². The van der Waals surface area contributed by atoms with Crippen molar-refractivity contribution < 1.29 is 33.3 Å². The van der Waals surface area contributed by atoms with Crippen LogP contribution in [0.15, 0.2) is 42.5 Å². The maximum atomic E-state index is 13.2. The van der Waals surface area contributed by atoms with Crippen molar-refractivity contribution in [1.82, 2.24) is 5.32 Å². The molecule has 208 valence electrons. The zero-order chi connectivity index (χ0) is 29.0. The Morgan fingerprint density at radius 2 is 1.72 bits per heavy atom. The van der Waals surface area contributed by atoms with E-state index in [0.29, 0.717) is 33.9 Å².